The van der Waals surface area contributed by atoms with Gasteiger partial charge in [-0.15, -0.1) is 11.3 Å². The third-order valence-electron chi connectivity index (χ3n) is 3.01. The van der Waals surface area contributed by atoms with Crippen molar-refractivity contribution < 1.29 is 14.7 Å². The highest BCUT2D eigenvalue weighted by Gasteiger charge is 2.26. The molecule has 6 heteroatoms. The minimum absolute atomic E-state index is 0.0778. The Morgan fingerprint density at radius 3 is 2.75 bits per heavy atom. The molecule has 1 unspecified atom stereocenters. The number of rotatable bonds is 5. The zero-order chi connectivity index (χ0) is 14.7. The van der Waals surface area contributed by atoms with E-state index < -0.39 is 17.8 Å². The summed E-state index contributed by atoms with van der Waals surface area (Å²) in [7, 11) is 0. The first-order valence-corrected chi connectivity index (χ1v) is 6.97. The van der Waals surface area contributed by atoms with Gasteiger partial charge >= 0.3 is 5.97 Å². The van der Waals surface area contributed by atoms with Gasteiger partial charge in [0, 0.05) is 22.3 Å². The first-order chi connectivity index (χ1) is 9.54. The summed E-state index contributed by atoms with van der Waals surface area (Å²) in [5.74, 6) is -2.44. The second-order valence-corrected chi connectivity index (χ2v) is 5.25. The Hall–Kier alpha value is -2.21. The number of thiophene rings is 1. The van der Waals surface area contributed by atoms with Crippen LogP contribution in [0.15, 0.2) is 29.8 Å². The topological polar surface area (TPSA) is 93.3 Å². The van der Waals surface area contributed by atoms with E-state index >= 15 is 0 Å². The van der Waals surface area contributed by atoms with E-state index in [1.165, 1.54) is 23.6 Å². The first kappa shape index (κ1) is 14.2. The van der Waals surface area contributed by atoms with E-state index in [-0.39, 0.29) is 5.56 Å². The number of aromatic nitrogens is 1. The van der Waals surface area contributed by atoms with Gasteiger partial charge in [-0.2, -0.15) is 0 Å². The third kappa shape index (κ3) is 2.70. The third-order valence-corrected chi connectivity index (χ3v) is 3.94. The van der Waals surface area contributed by atoms with Crippen LogP contribution in [0, 0.1) is 0 Å². The summed E-state index contributed by atoms with van der Waals surface area (Å²) in [5.41, 5.74) is 6.53. The lowest BCUT2D eigenvalue weighted by Gasteiger charge is -2.15. The Labute approximate surface area is 120 Å². The van der Waals surface area contributed by atoms with Crippen molar-refractivity contribution in [3.63, 3.8) is 0 Å². The van der Waals surface area contributed by atoms with Crippen LogP contribution < -0.4 is 5.73 Å². The molecule has 2 rings (SSSR count). The molecular formula is C14H14N2O3S. The molecule has 2 aromatic heterocycles. The number of carboxylic acid groups (broad SMARTS) is 1. The van der Waals surface area contributed by atoms with Crippen molar-refractivity contribution in [2.75, 3.05) is 0 Å². The number of hydrogen-bond donors (Lipinski definition) is 2. The number of carbonyl (C=O) groups excluding carboxylic acids is 1. The number of nitrogens with zero attached hydrogens (tertiary/aromatic N) is 1. The molecule has 2 aromatic rings. The number of hydrogen-bond acceptors (Lipinski definition) is 4. The van der Waals surface area contributed by atoms with E-state index in [9.17, 15) is 14.7 Å². The van der Waals surface area contributed by atoms with E-state index in [1.807, 2.05) is 12.3 Å². The number of primary amides is 1. The normalized spacial score (nSPS) is 12.1. The quantitative estimate of drug-likeness (QED) is 0.881. The van der Waals surface area contributed by atoms with Crippen LogP contribution in [-0.4, -0.2) is 22.0 Å². The molecule has 0 fully saturated rings. The van der Waals surface area contributed by atoms with Crippen LogP contribution in [0.3, 0.4) is 0 Å². The van der Waals surface area contributed by atoms with Gasteiger partial charge in [-0.05, 0) is 23.9 Å². The fraction of sp³-hybridized carbons (Fsp3) is 0.214. The number of aryl methyl sites for hydroxylation is 1. The van der Waals surface area contributed by atoms with E-state index in [0.29, 0.717) is 22.6 Å². The molecule has 104 valence electrons. The van der Waals surface area contributed by atoms with Crippen LogP contribution in [0.5, 0.6) is 0 Å². The molecule has 0 aliphatic rings. The molecule has 3 N–H and O–H groups in total. The van der Waals surface area contributed by atoms with Crippen molar-refractivity contribution in [2.45, 2.75) is 19.3 Å². The maximum Gasteiger partial charge on any atom is 0.336 e. The van der Waals surface area contributed by atoms with E-state index in [1.54, 1.807) is 12.1 Å². The summed E-state index contributed by atoms with van der Waals surface area (Å²) in [6, 6.07) is 5.06. The first-order valence-electron chi connectivity index (χ1n) is 6.09. The minimum Gasteiger partial charge on any atom is -0.478 e. The van der Waals surface area contributed by atoms with Crippen molar-refractivity contribution in [1.82, 2.24) is 4.98 Å². The molecule has 0 aromatic carbocycles. The Kier molecular flexibility index (Phi) is 4.14. The maximum absolute atomic E-state index is 11.7. The highest BCUT2D eigenvalue weighted by atomic mass is 32.1. The number of aromatic carboxylic acids is 1. The average molecular weight is 290 g/mol. The molecule has 0 aliphatic carbocycles. The van der Waals surface area contributed by atoms with Gasteiger partial charge in [-0.3, -0.25) is 9.78 Å². The van der Waals surface area contributed by atoms with Crippen LogP contribution in [0.2, 0.25) is 0 Å². The van der Waals surface area contributed by atoms with Crippen LogP contribution >= 0.6 is 11.3 Å². The lowest BCUT2D eigenvalue weighted by atomic mass is 9.93. The lowest BCUT2D eigenvalue weighted by molar-refractivity contribution is -0.118. The van der Waals surface area contributed by atoms with Gasteiger partial charge < -0.3 is 10.8 Å². The van der Waals surface area contributed by atoms with Gasteiger partial charge in [0.25, 0.3) is 0 Å². The Morgan fingerprint density at radius 2 is 2.25 bits per heavy atom. The predicted molar refractivity (Wildman–Crippen MR) is 75.9 cm³/mol. The van der Waals surface area contributed by atoms with Crippen LogP contribution in [0.25, 0.3) is 0 Å². The van der Waals surface area contributed by atoms with Gasteiger partial charge in [0.05, 0.1) is 11.5 Å². The summed E-state index contributed by atoms with van der Waals surface area (Å²) in [4.78, 5) is 28.0. The summed E-state index contributed by atoms with van der Waals surface area (Å²) in [6.45, 7) is 1.89. The van der Waals surface area contributed by atoms with Gasteiger partial charge in [0.1, 0.15) is 0 Å². The lowest BCUT2D eigenvalue weighted by Crippen LogP contribution is -2.24. The molecule has 1 atom stereocenters. The number of amides is 1. The van der Waals surface area contributed by atoms with Crippen molar-refractivity contribution >= 4 is 23.2 Å². The highest BCUT2D eigenvalue weighted by Crippen LogP contribution is 2.30. The SMILES string of the molecule is CCc1cc(C(=O)O)c(C(C(N)=O)c2cccs2)cn1. The molecule has 0 radical (unpaired) electrons. The Balaban J connectivity index is 2.59. The summed E-state index contributed by atoms with van der Waals surface area (Å²) >= 11 is 1.36. The molecule has 0 saturated heterocycles. The van der Waals surface area contributed by atoms with Gasteiger partial charge in [-0.25, -0.2) is 4.79 Å². The molecule has 20 heavy (non-hydrogen) atoms. The molecule has 0 saturated carbocycles. The average Bonchev–Trinajstić information content (AvgIpc) is 2.92. The van der Waals surface area contributed by atoms with Crippen molar-refractivity contribution in [3.05, 3.63) is 51.5 Å². The summed E-state index contributed by atoms with van der Waals surface area (Å²) < 4.78 is 0. The number of carboxylic acids is 1. The predicted octanol–water partition coefficient (Wildman–Crippen LogP) is 2.02. The highest BCUT2D eigenvalue weighted by molar-refractivity contribution is 7.10. The smallest absolute Gasteiger partial charge is 0.336 e. The second kappa shape index (κ2) is 5.83. The Bertz CT molecular complexity index is 638. The largest absolute Gasteiger partial charge is 0.478 e. The molecule has 5 nitrogen and oxygen atoms in total. The maximum atomic E-state index is 11.7. The number of carbonyl (C=O) groups is 2. The zero-order valence-electron chi connectivity index (χ0n) is 10.9. The van der Waals surface area contributed by atoms with Gasteiger partial charge in [-0.1, -0.05) is 13.0 Å². The molecule has 0 bridgehead atoms. The van der Waals surface area contributed by atoms with Crippen LogP contribution in [-0.2, 0) is 11.2 Å². The van der Waals surface area contributed by atoms with E-state index in [2.05, 4.69) is 4.98 Å². The monoisotopic (exact) mass is 290 g/mol. The van der Waals surface area contributed by atoms with Crippen LogP contribution in [0.4, 0.5) is 0 Å². The number of nitrogens with two attached hydrogens (primary N) is 1. The molecule has 1 amide bonds. The fourth-order valence-electron chi connectivity index (χ4n) is 2.02. The fourth-order valence-corrected chi connectivity index (χ4v) is 2.87. The molecule has 0 aliphatic heterocycles. The van der Waals surface area contributed by atoms with E-state index in [0.717, 1.165) is 0 Å². The van der Waals surface area contributed by atoms with Gasteiger partial charge in [0.15, 0.2) is 0 Å². The zero-order valence-corrected chi connectivity index (χ0v) is 11.7. The van der Waals surface area contributed by atoms with Gasteiger partial charge in [0.2, 0.25) is 5.91 Å². The van der Waals surface area contributed by atoms with Crippen molar-refractivity contribution in [1.29, 1.82) is 0 Å². The minimum atomic E-state index is -1.08. The van der Waals surface area contributed by atoms with Crippen LogP contribution in [0.1, 0.15) is 39.3 Å². The van der Waals surface area contributed by atoms with E-state index in [4.69, 9.17) is 5.73 Å². The molecule has 2 heterocycles. The summed E-state index contributed by atoms with van der Waals surface area (Å²) in [6.07, 6.45) is 2.07. The standard InChI is InChI=1S/C14H14N2O3S/c1-2-8-6-9(14(18)19)10(7-16-8)12(13(15)17)11-4-3-5-20-11/h3-7,12H,2H2,1H3,(H2,15,17)(H,18,19). The molecular weight excluding hydrogens is 276 g/mol. The Morgan fingerprint density at radius 1 is 1.50 bits per heavy atom. The van der Waals surface area contributed by atoms with Crippen molar-refractivity contribution in [2.24, 2.45) is 5.73 Å². The molecule has 0 spiro atoms. The van der Waals surface area contributed by atoms with Crippen molar-refractivity contribution in [3.8, 4) is 0 Å². The summed E-state index contributed by atoms with van der Waals surface area (Å²) in [5, 5.41) is 11.2. The number of pyridine rings is 1. The second-order valence-electron chi connectivity index (χ2n) is 4.27.